The van der Waals surface area contributed by atoms with Gasteiger partial charge in [-0.2, -0.15) is 0 Å². The number of ketones is 1. The Kier molecular flexibility index (Phi) is 5.33. The molecule has 1 unspecified atom stereocenters. The van der Waals surface area contributed by atoms with Crippen LogP contribution in [0, 0.1) is 0 Å². The van der Waals surface area contributed by atoms with Crippen molar-refractivity contribution in [1.82, 2.24) is 0 Å². The lowest BCUT2D eigenvalue weighted by molar-refractivity contribution is -0.119. The van der Waals surface area contributed by atoms with Crippen LogP contribution in [-0.2, 0) is 9.59 Å². The van der Waals surface area contributed by atoms with Crippen molar-refractivity contribution in [2.75, 3.05) is 19.1 Å². The highest BCUT2D eigenvalue weighted by Crippen LogP contribution is 2.44. The van der Waals surface area contributed by atoms with Crippen LogP contribution in [0.1, 0.15) is 37.2 Å². The van der Waals surface area contributed by atoms with E-state index in [9.17, 15) is 9.59 Å². The van der Waals surface area contributed by atoms with Crippen molar-refractivity contribution in [2.24, 2.45) is 0 Å². The first-order chi connectivity index (χ1) is 14.0. The number of rotatable bonds is 4. The van der Waals surface area contributed by atoms with Crippen LogP contribution in [-0.4, -0.2) is 25.9 Å². The number of nitrogens with zero attached hydrogens (tertiary/aromatic N) is 1. The van der Waals surface area contributed by atoms with Gasteiger partial charge in [-0.05, 0) is 30.5 Å². The standard InChI is InChI=1S/C23H22ClNO4/c1-28-17-10-16(11-18(12-17)29-2)25-20-7-4-8-21(26)23(20)19(13-22(25)27)14-5-3-6-15(24)9-14/h3,5-6,9-12,19H,4,7-8,13H2,1-2H3. The third kappa shape index (κ3) is 3.62. The molecule has 150 valence electrons. The number of hydrogen-bond donors (Lipinski definition) is 0. The van der Waals surface area contributed by atoms with Crippen molar-refractivity contribution >= 4 is 29.0 Å². The Balaban J connectivity index is 1.87. The Morgan fingerprint density at radius 2 is 1.72 bits per heavy atom. The monoisotopic (exact) mass is 411 g/mol. The van der Waals surface area contributed by atoms with Crippen LogP contribution in [0.4, 0.5) is 5.69 Å². The second kappa shape index (κ2) is 7.91. The maximum absolute atomic E-state index is 13.3. The van der Waals surface area contributed by atoms with E-state index in [1.54, 1.807) is 43.4 Å². The van der Waals surface area contributed by atoms with E-state index >= 15 is 0 Å². The molecule has 0 bridgehead atoms. The number of ether oxygens (including phenoxy) is 2. The van der Waals surface area contributed by atoms with Crippen LogP contribution in [0.25, 0.3) is 0 Å². The van der Waals surface area contributed by atoms with Gasteiger partial charge in [-0.25, -0.2) is 0 Å². The van der Waals surface area contributed by atoms with Crippen molar-refractivity contribution in [2.45, 2.75) is 31.6 Å². The van der Waals surface area contributed by atoms with Crippen LogP contribution >= 0.6 is 11.6 Å². The molecule has 5 nitrogen and oxygen atoms in total. The minimum absolute atomic E-state index is 0.0567. The first kappa shape index (κ1) is 19.5. The van der Waals surface area contributed by atoms with Gasteiger partial charge in [0.25, 0.3) is 0 Å². The van der Waals surface area contributed by atoms with Crippen LogP contribution in [0.5, 0.6) is 11.5 Å². The fraction of sp³-hybridized carbons (Fsp3) is 0.304. The van der Waals surface area contributed by atoms with Crippen molar-refractivity contribution in [3.05, 3.63) is 64.3 Å². The number of methoxy groups -OCH3 is 2. The van der Waals surface area contributed by atoms with Crippen LogP contribution in [0.2, 0.25) is 5.02 Å². The molecule has 0 spiro atoms. The molecule has 0 saturated carbocycles. The number of benzene rings is 2. The number of carbonyl (C=O) groups is 2. The largest absolute Gasteiger partial charge is 0.497 e. The molecule has 2 aromatic carbocycles. The fourth-order valence-electron chi connectivity index (χ4n) is 4.22. The Hall–Kier alpha value is -2.79. The van der Waals surface area contributed by atoms with Crippen LogP contribution < -0.4 is 14.4 Å². The number of halogens is 1. The highest BCUT2D eigenvalue weighted by Gasteiger charge is 2.40. The van der Waals surface area contributed by atoms with E-state index in [-0.39, 0.29) is 24.0 Å². The molecule has 1 amide bonds. The summed E-state index contributed by atoms with van der Waals surface area (Å²) >= 11 is 6.18. The quantitative estimate of drug-likeness (QED) is 0.719. The molecule has 0 N–H and O–H groups in total. The van der Waals surface area contributed by atoms with Crippen molar-refractivity contribution in [3.63, 3.8) is 0 Å². The smallest absolute Gasteiger partial charge is 0.232 e. The number of Topliss-reactive ketones (excluding diaryl/α,β-unsaturated/α-hetero) is 1. The number of carbonyl (C=O) groups excluding carboxylic acids is 2. The van der Waals surface area contributed by atoms with Gasteiger partial charge in [-0.15, -0.1) is 0 Å². The van der Waals surface area contributed by atoms with Gasteiger partial charge < -0.3 is 9.47 Å². The van der Waals surface area contributed by atoms with E-state index in [1.807, 2.05) is 18.2 Å². The van der Waals surface area contributed by atoms with Gasteiger partial charge in [-0.3, -0.25) is 14.5 Å². The van der Waals surface area contributed by atoms with Gasteiger partial charge in [-0.1, -0.05) is 23.7 Å². The first-order valence-electron chi connectivity index (χ1n) is 9.59. The van der Waals surface area contributed by atoms with E-state index in [0.29, 0.717) is 35.1 Å². The number of amides is 1. The van der Waals surface area contributed by atoms with Gasteiger partial charge in [0.05, 0.1) is 19.9 Å². The molecule has 0 saturated heterocycles. The average molecular weight is 412 g/mol. The number of hydrogen-bond acceptors (Lipinski definition) is 4. The van der Waals surface area contributed by atoms with E-state index in [0.717, 1.165) is 23.3 Å². The zero-order chi connectivity index (χ0) is 20.5. The topological polar surface area (TPSA) is 55.8 Å². The molecule has 2 aliphatic rings. The Morgan fingerprint density at radius 3 is 2.38 bits per heavy atom. The normalized spacial score (nSPS) is 19.3. The SMILES string of the molecule is COc1cc(OC)cc(N2C(=O)CC(c3cccc(Cl)c3)C3=C2CCCC3=O)c1. The summed E-state index contributed by atoms with van der Waals surface area (Å²) in [5.41, 5.74) is 3.05. The summed E-state index contributed by atoms with van der Waals surface area (Å²) in [7, 11) is 3.14. The maximum atomic E-state index is 13.3. The first-order valence-corrected chi connectivity index (χ1v) is 9.97. The molecule has 0 radical (unpaired) electrons. The predicted molar refractivity (Wildman–Crippen MR) is 112 cm³/mol. The lowest BCUT2D eigenvalue weighted by atomic mass is 9.77. The van der Waals surface area contributed by atoms with Crippen molar-refractivity contribution < 1.29 is 19.1 Å². The lowest BCUT2D eigenvalue weighted by Gasteiger charge is -2.38. The molecule has 1 heterocycles. The molecule has 1 aliphatic heterocycles. The van der Waals surface area contributed by atoms with Crippen molar-refractivity contribution in [3.8, 4) is 11.5 Å². The molecule has 0 fully saturated rings. The van der Waals surface area contributed by atoms with Crippen LogP contribution in [0.15, 0.2) is 53.7 Å². The second-order valence-corrected chi connectivity index (χ2v) is 7.69. The summed E-state index contributed by atoms with van der Waals surface area (Å²) in [5, 5.41) is 0.598. The highest BCUT2D eigenvalue weighted by atomic mass is 35.5. The molecule has 0 aromatic heterocycles. The Bertz CT molecular complexity index is 991. The van der Waals surface area contributed by atoms with E-state index in [2.05, 4.69) is 0 Å². The number of allylic oxidation sites excluding steroid dienone is 2. The van der Waals surface area contributed by atoms with E-state index in [1.165, 1.54) is 0 Å². The predicted octanol–water partition coefficient (Wildman–Crippen LogP) is 4.88. The Morgan fingerprint density at radius 1 is 1.00 bits per heavy atom. The Labute approximate surface area is 174 Å². The lowest BCUT2D eigenvalue weighted by Crippen LogP contribution is -2.40. The van der Waals surface area contributed by atoms with Gasteiger partial charge in [0.15, 0.2) is 5.78 Å². The van der Waals surface area contributed by atoms with Crippen LogP contribution in [0.3, 0.4) is 0 Å². The molecule has 1 atom stereocenters. The zero-order valence-electron chi connectivity index (χ0n) is 16.4. The summed E-state index contributed by atoms with van der Waals surface area (Å²) in [6, 6.07) is 12.8. The number of anilines is 1. The minimum atomic E-state index is -0.271. The van der Waals surface area contributed by atoms with E-state index < -0.39 is 0 Å². The summed E-state index contributed by atoms with van der Waals surface area (Å²) < 4.78 is 10.7. The molecule has 6 heteroatoms. The summed E-state index contributed by atoms with van der Waals surface area (Å²) in [4.78, 5) is 27.9. The summed E-state index contributed by atoms with van der Waals surface area (Å²) in [6.07, 6.45) is 2.11. The molecular formula is C23H22ClNO4. The zero-order valence-corrected chi connectivity index (χ0v) is 17.2. The molecule has 4 rings (SSSR count). The molecule has 1 aliphatic carbocycles. The highest BCUT2D eigenvalue weighted by molar-refractivity contribution is 6.30. The average Bonchev–Trinajstić information content (AvgIpc) is 2.72. The van der Waals surface area contributed by atoms with Gasteiger partial charge in [0, 0.05) is 53.3 Å². The third-order valence-electron chi connectivity index (χ3n) is 5.52. The molecule has 2 aromatic rings. The second-order valence-electron chi connectivity index (χ2n) is 7.25. The van der Waals surface area contributed by atoms with Gasteiger partial charge >= 0.3 is 0 Å². The maximum Gasteiger partial charge on any atom is 0.232 e. The third-order valence-corrected chi connectivity index (χ3v) is 5.76. The van der Waals surface area contributed by atoms with Gasteiger partial charge in [0.1, 0.15) is 11.5 Å². The minimum Gasteiger partial charge on any atom is -0.497 e. The van der Waals surface area contributed by atoms with Gasteiger partial charge in [0.2, 0.25) is 5.91 Å². The fourth-order valence-corrected chi connectivity index (χ4v) is 4.42. The molecular weight excluding hydrogens is 390 g/mol. The summed E-state index contributed by atoms with van der Waals surface area (Å²) in [5.74, 6) is 0.955. The van der Waals surface area contributed by atoms with E-state index in [4.69, 9.17) is 21.1 Å². The molecule has 29 heavy (non-hydrogen) atoms. The van der Waals surface area contributed by atoms with Crippen molar-refractivity contribution in [1.29, 1.82) is 0 Å². The summed E-state index contributed by atoms with van der Waals surface area (Å²) in [6.45, 7) is 0.